The van der Waals surface area contributed by atoms with Crippen LogP contribution in [-0.2, 0) is 19.2 Å². The summed E-state index contributed by atoms with van der Waals surface area (Å²) in [5.41, 5.74) is -1.34. The van der Waals surface area contributed by atoms with E-state index in [2.05, 4.69) is 0 Å². The first kappa shape index (κ1) is 26.4. The first-order valence-corrected chi connectivity index (χ1v) is 8.80. The summed E-state index contributed by atoms with van der Waals surface area (Å²) in [6.07, 6.45) is 2.92. The molecule has 8 nitrogen and oxygen atoms in total. The molecule has 0 rings (SSSR count). The van der Waals surface area contributed by atoms with Crippen molar-refractivity contribution < 1.29 is 39.6 Å². The maximum Gasteiger partial charge on any atom is 0.317 e. The summed E-state index contributed by atoms with van der Waals surface area (Å²) in [5.74, 6) is -3.54. The molecule has 0 heterocycles. The van der Waals surface area contributed by atoms with Crippen LogP contribution in [0.4, 0.5) is 0 Å². The fourth-order valence-electron chi connectivity index (χ4n) is 2.55. The molecular formula is C18H32O8. The van der Waals surface area contributed by atoms with Crippen molar-refractivity contribution in [3.05, 3.63) is 0 Å². The maximum atomic E-state index is 11.6. The van der Waals surface area contributed by atoms with E-state index in [0.717, 1.165) is 0 Å². The number of aliphatic carboxylic acids is 2. The number of carbonyl (C=O) groups is 4. The van der Waals surface area contributed by atoms with Crippen LogP contribution in [0.5, 0.6) is 0 Å². The summed E-state index contributed by atoms with van der Waals surface area (Å²) in [6.45, 7) is 4.28. The Labute approximate surface area is 154 Å². The van der Waals surface area contributed by atoms with Crippen LogP contribution in [0.15, 0.2) is 0 Å². The summed E-state index contributed by atoms with van der Waals surface area (Å²) in [5, 5.41) is 34.9. The number of unbranched alkanes of at least 4 members (excludes halogenated alkanes) is 2. The highest BCUT2D eigenvalue weighted by molar-refractivity contribution is 6.01. The minimum atomic E-state index is -1.34. The molecule has 0 aromatic carbocycles. The fraction of sp³-hybridized carbons (Fsp3) is 0.778. The summed E-state index contributed by atoms with van der Waals surface area (Å²) in [7, 11) is 0. The molecule has 152 valence electrons. The molecule has 4 N–H and O–H groups in total. The van der Waals surface area contributed by atoms with Crippen molar-refractivity contribution >= 4 is 23.5 Å². The molecule has 0 aliphatic carbocycles. The predicted octanol–water partition coefficient (Wildman–Crippen LogP) is 1.66. The third kappa shape index (κ3) is 9.62. The molecule has 0 saturated heterocycles. The first-order valence-electron chi connectivity index (χ1n) is 8.80. The number of aliphatic hydroxyl groups is 2. The summed E-state index contributed by atoms with van der Waals surface area (Å²) in [6, 6.07) is 0. The van der Waals surface area contributed by atoms with Crippen molar-refractivity contribution in [2.24, 2.45) is 11.3 Å². The lowest BCUT2D eigenvalue weighted by Gasteiger charge is -2.26. The number of rotatable bonds is 13. The van der Waals surface area contributed by atoms with Crippen LogP contribution in [0.3, 0.4) is 0 Å². The van der Waals surface area contributed by atoms with Crippen molar-refractivity contribution in [1.29, 1.82) is 0 Å². The topological polar surface area (TPSA) is 149 Å². The average molecular weight is 376 g/mol. The van der Waals surface area contributed by atoms with Gasteiger partial charge in [-0.3, -0.25) is 19.2 Å². The Morgan fingerprint density at radius 2 is 1.27 bits per heavy atom. The monoisotopic (exact) mass is 376 g/mol. The Bertz CT molecular complexity index is 418. The van der Waals surface area contributed by atoms with E-state index in [1.54, 1.807) is 6.92 Å². The Kier molecular flexibility index (Phi) is 14.6. The van der Waals surface area contributed by atoms with Crippen molar-refractivity contribution in [1.82, 2.24) is 0 Å². The van der Waals surface area contributed by atoms with Gasteiger partial charge < -0.3 is 20.4 Å². The predicted molar refractivity (Wildman–Crippen MR) is 94.7 cm³/mol. The molecule has 0 spiro atoms. The van der Waals surface area contributed by atoms with Gasteiger partial charge in [-0.05, 0) is 58.8 Å². The van der Waals surface area contributed by atoms with Crippen molar-refractivity contribution in [2.45, 2.75) is 65.7 Å². The lowest BCUT2D eigenvalue weighted by atomic mass is 9.75. The minimum absolute atomic E-state index is 0.00421. The summed E-state index contributed by atoms with van der Waals surface area (Å²) < 4.78 is 0. The molecule has 0 aromatic rings. The van der Waals surface area contributed by atoms with Crippen LogP contribution in [-0.4, -0.2) is 57.1 Å². The molecule has 0 saturated carbocycles. The highest BCUT2D eigenvalue weighted by Gasteiger charge is 2.42. The minimum Gasteiger partial charge on any atom is -0.481 e. The highest BCUT2D eigenvalue weighted by atomic mass is 16.4. The fourth-order valence-corrected chi connectivity index (χ4v) is 2.55. The lowest BCUT2D eigenvalue weighted by Crippen LogP contribution is -2.38. The summed E-state index contributed by atoms with van der Waals surface area (Å²) >= 11 is 0. The van der Waals surface area contributed by atoms with Gasteiger partial charge in [0.2, 0.25) is 0 Å². The molecule has 0 aliphatic rings. The Morgan fingerprint density at radius 1 is 0.846 bits per heavy atom. The number of Topliss-reactive ketones (excluding diaryl/α,β-unsaturated/α-hetero) is 2. The van der Waals surface area contributed by atoms with Gasteiger partial charge in [-0.15, -0.1) is 0 Å². The number of carboxylic acids is 2. The van der Waals surface area contributed by atoms with Crippen LogP contribution < -0.4 is 0 Å². The molecule has 0 amide bonds. The van der Waals surface area contributed by atoms with Gasteiger partial charge in [-0.25, -0.2) is 0 Å². The van der Waals surface area contributed by atoms with Crippen LogP contribution >= 0.6 is 0 Å². The van der Waals surface area contributed by atoms with Gasteiger partial charge in [0, 0.05) is 13.2 Å². The molecule has 1 unspecified atom stereocenters. The normalized spacial score (nSPS) is 11.9. The molecule has 0 fully saturated rings. The van der Waals surface area contributed by atoms with E-state index in [-0.39, 0.29) is 37.6 Å². The molecule has 0 aliphatic heterocycles. The second kappa shape index (κ2) is 14.4. The quantitative estimate of drug-likeness (QED) is 0.280. The van der Waals surface area contributed by atoms with Crippen molar-refractivity contribution in [3.63, 3.8) is 0 Å². The van der Waals surface area contributed by atoms with E-state index >= 15 is 0 Å². The van der Waals surface area contributed by atoms with E-state index in [1.165, 1.54) is 13.8 Å². The van der Waals surface area contributed by atoms with Crippen LogP contribution in [0, 0.1) is 11.3 Å². The molecule has 26 heavy (non-hydrogen) atoms. The molecule has 0 radical (unpaired) electrons. The largest absolute Gasteiger partial charge is 0.481 e. The number of hydrogen-bond acceptors (Lipinski definition) is 6. The third-order valence-corrected chi connectivity index (χ3v) is 4.30. The number of carbonyl (C=O) groups excluding carboxylic acids is 2. The second-order valence-electron chi connectivity index (χ2n) is 6.21. The van der Waals surface area contributed by atoms with Gasteiger partial charge in [0.25, 0.3) is 0 Å². The van der Waals surface area contributed by atoms with Crippen LogP contribution in [0.1, 0.15) is 65.7 Å². The van der Waals surface area contributed by atoms with E-state index in [1.807, 2.05) is 0 Å². The molecule has 1 atom stereocenters. The van der Waals surface area contributed by atoms with E-state index in [4.69, 9.17) is 15.3 Å². The van der Waals surface area contributed by atoms with Gasteiger partial charge in [0.05, 0.1) is 0 Å². The lowest BCUT2D eigenvalue weighted by molar-refractivity contribution is -0.156. The Hall–Kier alpha value is -1.80. The zero-order valence-corrected chi connectivity index (χ0v) is 15.9. The number of ketones is 2. The number of aliphatic hydroxyl groups excluding tert-OH is 2. The smallest absolute Gasteiger partial charge is 0.317 e. The SMILES string of the molecule is CC(=O)C(CCCCO)(CCCCO)C(=O)O.CCC(C(C)=O)C(=O)O. The van der Waals surface area contributed by atoms with Gasteiger partial charge in [-0.2, -0.15) is 0 Å². The zero-order chi connectivity index (χ0) is 20.8. The molecule has 8 heteroatoms. The maximum absolute atomic E-state index is 11.6. The Morgan fingerprint density at radius 3 is 1.42 bits per heavy atom. The van der Waals surface area contributed by atoms with E-state index in [0.29, 0.717) is 32.1 Å². The van der Waals surface area contributed by atoms with E-state index in [9.17, 15) is 24.3 Å². The van der Waals surface area contributed by atoms with Gasteiger partial charge in [0.1, 0.15) is 22.9 Å². The van der Waals surface area contributed by atoms with E-state index < -0.39 is 23.3 Å². The van der Waals surface area contributed by atoms with Crippen LogP contribution in [0.2, 0.25) is 0 Å². The zero-order valence-electron chi connectivity index (χ0n) is 15.9. The van der Waals surface area contributed by atoms with Gasteiger partial charge in [0.15, 0.2) is 0 Å². The molecule has 0 aromatic heterocycles. The van der Waals surface area contributed by atoms with Crippen LogP contribution in [0.25, 0.3) is 0 Å². The molecule has 0 bridgehead atoms. The van der Waals surface area contributed by atoms with Crippen molar-refractivity contribution in [2.75, 3.05) is 13.2 Å². The third-order valence-electron chi connectivity index (χ3n) is 4.30. The summed E-state index contributed by atoms with van der Waals surface area (Å²) in [4.78, 5) is 43.5. The second-order valence-corrected chi connectivity index (χ2v) is 6.21. The molecular weight excluding hydrogens is 344 g/mol. The van der Waals surface area contributed by atoms with Crippen molar-refractivity contribution in [3.8, 4) is 0 Å². The average Bonchev–Trinajstić information content (AvgIpc) is 2.53. The van der Waals surface area contributed by atoms with Gasteiger partial charge in [-0.1, -0.05) is 6.92 Å². The Balaban J connectivity index is 0. The number of carboxylic acid groups (broad SMARTS) is 2. The standard InChI is InChI=1S/C12H22O5.C6H10O3/c1-10(15)12(11(16)17,6-2-4-8-13)7-3-5-9-14;1-3-5(4(2)7)6(8)9/h13-14H,2-9H2,1H3,(H,16,17);5H,3H2,1-2H3,(H,8,9). The number of hydrogen-bond donors (Lipinski definition) is 4. The first-order chi connectivity index (χ1) is 12.1. The van der Waals surface area contributed by atoms with Gasteiger partial charge >= 0.3 is 11.9 Å². The highest BCUT2D eigenvalue weighted by Crippen LogP contribution is 2.32.